The Bertz CT molecular complexity index is 473. The Hall–Kier alpha value is -1.02. The number of nitrogens with zero attached hydrogens (tertiary/aromatic N) is 2. The molecule has 0 aliphatic rings. The van der Waals surface area contributed by atoms with Crippen LogP contribution in [0.4, 0.5) is 13.2 Å². The predicted octanol–water partition coefficient (Wildman–Crippen LogP) is 4.47. The first-order chi connectivity index (χ1) is 9.43. The Kier molecular flexibility index (Phi) is 9.36. The average molecular weight is 384 g/mol. The van der Waals surface area contributed by atoms with Crippen LogP contribution in [0.15, 0.2) is 34.5 Å². The van der Waals surface area contributed by atoms with Gasteiger partial charge in [0.2, 0.25) is 0 Å². The summed E-state index contributed by atoms with van der Waals surface area (Å²) in [5.74, 6) is 0.877. The highest BCUT2D eigenvalue weighted by Crippen LogP contribution is 2.28. The van der Waals surface area contributed by atoms with Crippen molar-refractivity contribution in [2.75, 3.05) is 5.75 Å². The van der Waals surface area contributed by atoms with Crippen LogP contribution in [0.2, 0.25) is 0 Å². The fourth-order valence-corrected chi connectivity index (χ4v) is 2.01. The summed E-state index contributed by atoms with van der Waals surface area (Å²) in [5.41, 5.74) is 5.46. The quantitative estimate of drug-likeness (QED) is 0.353. The van der Waals surface area contributed by atoms with Crippen molar-refractivity contribution in [3.8, 4) is 0 Å². The maximum Gasteiger partial charge on any atom is 0.416 e. The summed E-state index contributed by atoms with van der Waals surface area (Å²) < 4.78 is 37.1. The maximum absolute atomic E-state index is 12.4. The molecule has 0 heterocycles. The minimum absolute atomic E-state index is 0. The van der Waals surface area contributed by atoms with Crippen molar-refractivity contribution in [3.05, 3.63) is 35.4 Å². The van der Waals surface area contributed by atoms with Gasteiger partial charge < -0.3 is 5.73 Å². The lowest BCUT2D eigenvalue weighted by Crippen LogP contribution is -2.06. The van der Waals surface area contributed by atoms with Crippen LogP contribution >= 0.6 is 28.7 Å². The van der Waals surface area contributed by atoms with Gasteiger partial charge in [0, 0.05) is 5.75 Å². The molecule has 0 spiro atoms. The second kappa shape index (κ2) is 9.83. The molecular weight excluding hydrogens is 367 g/mol. The van der Waals surface area contributed by atoms with Gasteiger partial charge in [0.1, 0.15) is 0 Å². The second-order valence-corrected chi connectivity index (χ2v) is 5.12. The van der Waals surface area contributed by atoms with Crippen molar-refractivity contribution >= 4 is 40.1 Å². The van der Waals surface area contributed by atoms with Crippen LogP contribution in [0.25, 0.3) is 0 Å². The van der Waals surface area contributed by atoms with E-state index in [9.17, 15) is 13.2 Å². The van der Waals surface area contributed by atoms with E-state index in [2.05, 4.69) is 17.1 Å². The maximum atomic E-state index is 12.4. The predicted molar refractivity (Wildman–Crippen MR) is 88.3 cm³/mol. The lowest BCUT2D eigenvalue weighted by atomic mass is 10.1. The second-order valence-electron chi connectivity index (χ2n) is 4.00. The Morgan fingerprint density at radius 2 is 1.90 bits per heavy atom. The number of amidine groups is 1. The van der Waals surface area contributed by atoms with Gasteiger partial charge in [0.25, 0.3) is 0 Å². The van der Waals surface area contributed by atoms with E-state index >= 15 is 0 Å². The standard InChI is InChI=1S/C13H16F3N3S.BrH/c1-2-3-8-20-12(17)19-18-9-10-4-6-11(7-5-10)13(14,15)16;/h4-7,9H,2-3,8H2,1H3,(H2,17,19);1H/b18-9+;. The van der Waals surface area contributed by atoms with Gasteiger partial charge in [-0.05, 0) is 24.1 Å². The minimum atomic E-state index is -4.33. The minimum Gasteiger partial charge on any atom is -0.377 e. The van der Waals surface area contributed by atoms with Gasteiger partial charge in [0.15, 0.2) is 5.17 Å². The Labute approximate surface area is 136 Å². The molecule has 0 aliphatic heterocycles. The van der Waals surface area contributed by atoms with Crippen LogP contribution < -0.4 is 5.73 Å². The number of rotatable bonds is 5. The molecule has 0 aliphatic carbocycles. The zero-order chi connectivity index (χ0) is 15.0. The molecule has 0 bridgehead atoms. The molecule has 1 rings (SSSR count). The van der Waals surface area contributed by atoms with Crippen molar-refractivity contribution in [1.82, 2.24) is 0 Å². The first-order valence-electron chi connectivity index (χ1n) is 6.10. The monoisotopic (exact) mass is 383 g/mol. The number of unbranched alkanes of at least 4 members (excludes halogenated alkanes) is 1. The summed E-state index contributed by atoms with van der Waals surface area (Å²) in [5, 5.41) is 7.86. The summed E-state index contributed by atoms with van der Waals surface area (Å²) in [6.45, 7) is 2.08. The van der Waals surface area contributed by atoms with Gasteiger partial charge in [0.05, 0.1) is 11.8 Å². The van der Waals surface area contributed by atoms with Gasteiger partial charge in [-0.3, -0.25) is 0 Å². The third-order valence-electron chi connectivity index (χ3n) is 2.35. The molecule has 0 fully saturated rings. The fourth-order valence-electron chi connectivity index (χ4n) is 1.26. The Morgan fingerprint density at radius 1 is 1.29 bits per heavy atom. The van der Waals surface area contributed by atoms with Gasteiger partial charge >= 0.3 is 6.18 Å². The van der Waals surface area contributed by atoms with Gasteiger partial charge in [-0.15, -0.1) is 22.1 Å². The van der Waals surface area contributed by atoms with Crippen LogP contribution in [-0.4, -0.2) is 17.1 Å². The largest absolute Gasteiger partial charge is 0.416 e. The van der Waals surface area contributed by atoms with Crippen molar-refractivity contribution < 1.29 is 13.2 Å². The molecule has 21 heavy (non-hydrogen) atoms. The number of hydrogen-bond donors (Lipinski definition) is 1. The van der Waals surface area contributed by atoms with E-state index in [0.717, 1.165) is 30.7 Å². The molecule has 1 aromatic carbocycles. The molecule has 0 amide bonds. The van der Waals surface area contributed by atoms with Crippen LogP contribution in [-0.2, 0) is 6.18 Å². The lowest BCUT2D eigenvalue weighted by molar-refractivity contribution is -0.137. The zero-order valence-corrected chi connectivity index (χ0v) is 14.0. The van der Waals surface area contributed by atoms with Gasteiger partial charge in [-0.1, -0.05) is 37.2 Å². The molecule has 1 aromatic rings. The van der Waals surface area contributed by atoms with Crippen LogP contribution in [0.5, 0.6) is 0 Å². The summed E-state index contributed by atoms with van der Waals surface area (Å²) >= 11 is 1.41. The van der Waals surface area contributed by atoms with E-state index in [1.807, 2.05) is 0 Å². The number of alkyl halides is 3. The third-order valence-corrected chi connectivity index (χ3v) is 3.22. The Balaban J connectivity index is 0.00000400. The molecule has 2 N–H and O–H groups in total. The van der Waals surface area contributed by atoms with Gasteiger partial charge in [-0.25, -0.2) is 0 Å². The SMILES string of the molecule is Br.CCCCS/C(N)=N\N=C\c1ccc(C(F)(F)F)cc1. The first kappa shape index (κ1) is 20.0. The topological polar surface area (TPSA) is 50.7 Å². The van der Waals surface area contributed by atoms with Crippen LogP contribution in [0.1, 0.15) is 30.9 Å². The average Bonchev–Trinajstić information content (AvgIpc) is 2.38. The van der Waals surface area contributed by atoms with E-state index < -0.39 is 11.7 Å². The first-order valence-corrected chi connectivity index (χ1v) is 7.08. The molecule has 3 nitrogen and oxygen atoms in total. The molecule has 8 heteroatoms. The smallest absolute Gasteiger partial charge is 0.377 e. The molecule has 0 unspecified atom stereocenters. The van der Waals surface area contributed by atoms with E-state index in [0.29, 0.717) is 10.7 Å². The summed E-state index contributed by atoms with van der Waals surface area (Å²) in [7, 11) is 0. The molecular formula is C13H17BrF3N3S. The Morgan fingerprint density at radius 3 is 2.43 bits per heavy atom. The number of nitrogens with two attached hydrogens (primary N) is 1. The number of benzene rings is 1. The van der Waals surface area contributed by atoms with Crippen molar-refractivity contribution in [2.24, 2.45) is 15.9 Å². The van der Waals surface area contributed by atoms with Crippen molar-refractivity contribution in [3.63, 3.8) is 0 Å². The zero-order valence-electron chi connectivity index (χ0n) is 11.4. The summed E-state index contributed by atoms with van der Waals surface area (Å²) in [6, 6.07) is 4.68. The summed E-state index contributed by atoms with van der Waals surface area (Å²) in [6.07, 6.45) is -0.833. The van der Waals surface area contributed by atoms with Crippen LogP contribution in [0.3, 0.4) is 0 Å². The molecule has 0 atom stereocenters. The highest BCUT2D eigenvalue weighted by molar-refractivity contribution is 8.93. The van der Waals surface area contributed by atoms with E-state index in [4.69, 9.17) is 5.73 Å². The highest BCUT2D eigenvalue weighted by atomic mass is 79.9. The highest BCUT2D eigenvalue weighted by Gasteiger charge is 2.29. The van der Waals surface area contributed by atoms with E-state index in [1.165, 1.54) is 30.1 Å². The molecule has 0 saturated heterocycles. The number of thioether (sulfide) groups is 1. The molecule has 0 saturated carbocycles. The summed E-state index contributed by atoms with van der Waals surface area (Å²) in [4.78, 5) is 0. The van der Waals surface area contributed by atoms with E-state index in [-0.39, 0.29) is 17.0 Å². The third kappa shape index (κ3) is 8.11. The molecule has 118 valence electrons. The van der Waals surface area contributed by atoms with Crippen molar-refractivity contribution in [2.45, 2.75) is 25.9 Å². The fraction of sp³-hybridized carbons (Fsp3) is 0.385. The lowest BCUT2D eigenvalue weighted by Gasteiger charge is -2.05. The van der Waals surface area contributed by atoms with Gasteiger partial charge in [-0.2, -0.15) is 18.3 Å². The number of halogens is 4. The number of hydrogen-bond acceptors (Lipinski definition) is 3. The normalized spacial score (nSPS) is 12.5. The molecule has 0 aromatic heterocycles. The van der Waals surface area contributed by atoms with Crippen molar-refractivity contribution in [1.29, 1.82) is 0 Å². The molecule has 0 radical (unpaired) electrons. The van der Waals surface area contributed by atoms with E-state index in [1.54, 1.807) is 0 Å². The van der Waals surface area contributed by atoms with Crippen LogP contribution in [0, 0.1) is 0 Å².